The molecule has 0 saturated heterocycles. The molecule has 0 fully saturated rings. The third-order valence-electron chi connectivity index (χ3n) is 6.12. The van der Waals surface area contributed by atoms with Gasteiger partial charge in [0.05, 0.1) is 42.5 Å². The summed E-state index contributed by atoms with van der Waals surface area (Å²) in [5, 5.41) is 6.12. The number of amides is 1. The molecule has 40 heavy (non-hydrogen) atoms. The van der Waals surface area contributed by atoms with Gasteiger partial charge >= 0.3 is 5.97 Å². The van der Waals surface area contributed by atoms with Crippen molar-refractivity contribution in [3.8, 4) is 5.75 Å². The zero-order valence-electron chi connectivity index (χ0n) is 23.8. The lowest BCUT2D eigenvalue weighted by Gasteiger charge is -2.26. The molecule has 0 aliphatic heterocycles. The minimum Gasteiger partial charge on any atom is -0.494 e. The lowest BCUT2D eigenvalue weighted by molar-refractivity contribution is -0.111. The number of carbonyl (C=O) groups excluding carboxylic acids is 2. The smallest absolute Gasteiger partial charge is 0.337 e. The van der Waals surface area contributed by atoms with Crippen molar-refractivity contribution < 1.29 is 19.1 Å². The number of carbonyl (C=O) groups is 2. The molecule has 3 rings (SSSR count). The van der Waals surface area contributed by atoms with E-state index in [2.05, 4.69) is 27.1 Å². The van der Waals surface area contributed by atoms with Gasteiger partial charge in [0.1, 0.15) is 5.75 Å². The second-order valence-corrected chi connectivity index (χ2v) is 9.15. The minimum absolute atomic E-state index is 0.328. The number of hydrogen-bond donors (Lipinski definition) is 2. The second-order valence-electron chi connectivity index (χ2n) is 9.15. The fourth-order valence-electron chi connectivity index (χ4n) is 3.99. The number of methoxy groups -OCH3 is 2. The number of ether oxygens (including phenoxy) is 2. The van der Waals surface area contributed by atoms with Gasteiger partial charge in [0, 0.05) is 38.0 Å². The van der Waals surface area contributed by atoms with Crippen molar-refractivity contribution in [3.05, 3.63) is 84.2 Å². The van der Waals surface area contributed by atoms with Gasteiger partial charge in [0.15, 0.2) is 0 Å². The van der Waals surface area contributed by atoms with Crippen molar-refractivity contribution in [1.29, 1.82) is 0 Å². The predicted octanol–water partition coefficient (Wildman–Crippen LogP) is 4.59. The molecule has 10 heteroatoms. The number of aromatic nitrogens is 2. The van der Waals surface area contributed by atoms with Crippen molar-refractivity contribution >= 4 is 40.5 Å². The van der Waals surface area contributed by atoms with E-state index >= 15 is 0 Å². The zero-order valence-corrected chi connectivity index (χ0v) is 23.8. The molecule has 0 spiro atoms. The van der Waals surface area contributed by atoms with E-state index in [0.717, 1.165) is 29.9 Å². The standard InChI is InChI=1S/C30H36N6O4/c1-8-22(20-11-10-12-21(17-20)29(38)40-7)23-13-14-31-30(33-23)34-25-18-24(32-28(37)9-2)26(19-27(25)39-6)36(5)16-15-35(3)4/h8-14,17-19H,2,15-16H2,1,3-7H3,(H,32,37)(H,31,33,34)/b22-8+. The first-order valence-corrected chi connectivity index (χ1v) is 12.7. The Kier molecular flexibility index (Phi) is 10.4. The van der Waals surface area contributed by atoms with Crippen LogP contribution in [-0.4, -0.2) is 75.2 Å². The number of anilines is 4. The fraction of sp³-hybridized carbons (Fsp3) is 0.267. The summed E-state index contributed by atoms with van der Waals surface area (Å²) in [6.45, 7) is 7.03. The average molecular weight is 545 g/mol. The van der Waals surface area contributed by atoms with Gasteiger partial charge < -0.3 is 29.9 Å². The summed E-state index contributed by atoms with van der Waals surface area (Å²) in [4.78, 5) is 37.5. The predicted molar refractivity (Wildman–Crippen MR) is 159 cm³/mol. The number of rotatable bonds is 12. The van der Waals surface area contributed by atoms with E-state index in [9.17, 15) is 9.59 Å². The van der Waals surface area contributed by atoms with Crippen LogP contribution < -0.4 is 20.3 Å². The normalized spacial score (nSPS) is 11.1. The van der Waals surface area contributed by atoms with Crippen molar-refractivity contribution in [2.45, 2.75) is 6.92 Å². The number of benzene rings is 2. The molecule has 0 unspecified atom stereocenters. The monoisotopic (exact) mass is 544 g/mol. The van der Waals surface area contributed by atoms with Crippen molar-refractivity contribution in [3.63, 3.8) is 0 Å². The van der Waals surface area contributed by atoms with Crippen LogP contribution in [0.15, 0.2) is 67.4 Å². The molecule has 1 amide bonds. The molecule has 210 valence electrons. The Bertz CT molecular complexity index is 1400. The highest BCUT2D eigenvalue weighted by Gasteiger charge is 2.17. The fourth-order valence-corrected chi connectivity index (χ4v) is 3.99. The Morgan fingerprint density at radius 2 is 1.77 bits per heavy atom. The van der Waals surface area contributed by atoms with Gasteiger partial charge in [-0.05, 0) is 56.9 Å². The first-order valence-electron chi connectivity index (χ1n) is 12.7. The van der Waals surface area contributed by atoms with Gasteiger partial charge in [-0.1, -0.05) is 24.8 Å². The Morgan fingerprint density at radius 3 is 2.42 bits per heavy atom. The summed E-state index contributed by atoms with van der Waals surface area (Å²) in [6, 6.07) is 12.6. The highest BCUT2D eigenvalue weighted by Crippen LogP contribution is 2.38. The number of allylic oxidation sites excluding steroid dienone is 1. The Labute approximate surface area is 235 Å². The molecular weight excluding hydrogens is 508 g/mol. The van der Waals surface area contributed by atoms with Crippen LogP contribution in [0.5, 0.6) is 5.75 Å². The summed E-state index contributed by atoms with van der Waals surface area (Å²) in [5.74, 6) is 0.136. The van der Waals surface area contributed by atoms with E-state index in [0.29, 0.717) is 34.3 Å². The van der Waals surface area contributed by atoms with Gasteiger partial charge in [0.25, 0.3) is 0 Å². The maximum Gasteiger partial charge on any atom is 0.337 e. The number of likely N-dealkylation sites (N-methyl/N-ethyl adjacent to an activating group) is 2. The van der Waals surface area contributed by atoms with Crippen LogP contribution in [0.25, 0.3) is 5.57 Å². The minimum atomic E-state index is -0.412. The molecule has 1 aromatic heterocycles. The first kappa shape index (κ1) is 29.9. The summed E-state index contributed by atoms with van der Waals surface area (Å²) in [5.41, 5.74) is 4.67. The molecule has 2 aromatic carbocycles. The number of esters is 1. The van der Waals surface area contributed by atoms with E-state index in [4.69, 9.17) is 14.5 Å². The van der Waals surface area contributed by atoms with E-state index < -0.39 is 5.97 Å². The Balaban J connectivity index is 1.99. The molecule has 0 radical (unpaired) electrons. The second kappa shape index (κ2) is 13.9. The van der Waals surface area contributed by atoms with Crippen LogP contribution in [0, 0.1) is 0 Å². The molecule has 3 aromatic rings. The summed E-state index contributed by atoms with van der Waals surface area (Å²) >= 11 is 0. The maximum absolute atomic E-state index is 12.3. The number of nitrogens with zero attached hydrogens (tertiary/aromatic N) is 4. The molecule has 1 heterocycles. The molecule has 0 atom stereocenters. The molecular formula is C30H36N6O4. The van der Waals surface area contributed by atoms with Crippen LogP contribution in [0.4, 0.5) is 23.0 Å². The largest absolute Gasteiger partial charge is 0.494 e. The van der Waals surface area contributed by atoms with Crippen LogP contribution in [-0.2, 0) is 9.53 Å². The highest BCUT2D eigenvalue weighted by atomic mass is 16.5. The Hall–Kier alpha value is -4.70. The quantitative estimate of drug-likeness (QED) is 0.250. The van der Waals surface area contributed by atoms with Gasteiger partial charge in [-0.25, -0.2) is 14.8 Å². The van der Waals surface area contributed by atoms with Crippen LogP contribution in [0.1, 0.15) is 28.5 Å². The molecule has 10 nitrogen and oxygen atoms in total. The van der Waals surface area contributed by atoms with Crippen LogP contribution in [0.3, 0.4) is 0 Å². The lowest BCUT2D eigenvalue weighted by Crippen LogP contribution is -2.29. The zero-order chi connectivity index (χ0) is 29.2. The third kappa shape index (κ3) is 7.45. The molecule has 0 saturated carbocycles. The SMILES string of the molecule is C=CC(=O)Nc1cc(Nc2nccc(/C(=C/C)c3cccc(C(=O)OC)c3)n2)c(OC)cc1N(C)CCN(C)C. The van der Waals surface area contributed by atoms with E-state index in [1.54, 1.807) is 43.6 Å². The number of hydrogen-bond acceptors (Lipinski definition) is 9. The highest BCUT2D eigenvalue weighted by molar-refractivity contribution is 6.02. The first-order chi connectivity index (χ1) is 19.2. The summed E-state index contributed by atoms with van der Waals surface area (Å²) < 4.78 is 10.6. The van der Waals surface area contributed by atoms with E-state index in [-0.39, 0.29) is 5.91 Å². The van der Waals surface area contributed by atoms with E-state index in [1.165, 1.54) is 13.2 Å². The molecule has 0 aliphatic carbocycles. The van der Waals surface area contributed by atoms with Crippen LogP contribution in [0.2, 0.25) is 0 Å². The number of nitrogens with one attached hydrogen (secondary N) is 2. The Morgan fingerprint density at radius 1 is 1.02 bits per heavy atom. The maximum atomic E-state index is 12.3. The molecule has 0 aliphatic rings. The lowest BCUT2D eigenvalue weighted by atomic mass is 10.00. The van der Waals surface area contributed by atoms with Crippen molar-refractivity contribution in [2.24, 2.45) is 0 Å². The van der Waals surface area contributed by atoms with Crippen molar-refractivity contribution in [1.82, 2.24) is 14.9 Å². The van der Waals surface area contributed by atoms with Crippen molar-refractivity contribution in [2.75, 3.05) is 64.0 Å². The van der Waals surface area contributed by atoms with Gasteiger partial charge in [-0.3, -0.25) is 4.79 Å². The molecule has 0 bridgehead atoms. The van der Waals surface area contributed by atoms with Gasteiger partial charge in [-0.2, -0.15) is 0 Å². The van der Waals surface area contributed by atoms with Gasteiger partial charge in [0.2, 0.25) is 11.9 Å². The van der Waals surface area contributed by atoms with Gasteiger partial charge in [-0.15, -0.1) is 0 Å². The van der Waals surface area contributed by atoms with Crippen LogP contribution >= 0.6 is 0 Å². The summed E-state index contributed by atoms with van der Waals surface area (Å²) in [7, 11) is 8.89. The van der Waals surface area contributed by atoms with E-state index in [1.807, 2.05) is 51.2 Å². The molecule has 2 N–H and O–H groups in total. The average Bonchev–Trinajstić information content (AvgIpc) is 2.96. The summed E-state index contributed by atoms with van der Waals surface area (Å²) in [6.07, 6.45) is 4.79. The third-order valence-corrected chi connectivity index (χ3v) is 6.12. The topological polar surface area (TPSA) is 109 Å².